The number of aliphatic hydroxyl groups is 2. The van der Waals surface area contributed by atoms with Crippen molar-refractivity contribution in [2.75, 3.05) is 25.1 Å². The summed E-state index contributed by atoms with van der Waals surface area (Å²) in [5, 5.41) is 17.9. The zero-order valence-electron chi connectivity index (χ0n) is 9.54. The van der Waals surface area contributed by atoms with Crippen molar-refractivity contribution in [1.29, 1.82) is 0 Å². The number of amides is 1. The van der Waals surface area contributed by atoms with E-state index in [9.17, 15) is 4.79 Å². The third-order valence-electron chi connectivity index (χ3n) is 2.21. The van der Waals surface area contributed by atoms with Gasteiger partial charge in [0.1, 0.15) is 5.75 Å². The average Bonchev–Trinajstić information content (AvgIpc) is 2.35. The summed E-state index contributed by atoms with van der Waals surface area (Å²) < 4.78 is 4.99. The van der Waals surface area contributed by atoms with Gasteiger partial charge >= 0.3 is 0 Å². The van der Waals surface area contributed by atoms with Crippen molar-refractivity contribution >= 4 is 11.6 Å². The van der Waals surface area contributed by atoms with Crippen molar-refractivity contribution < 1.29 is 19.7 Å². The van der Waals surface area contributed by atoms with E-state index in [0.717, 1.165) is 0 Å². The number of rotatable bonds is 5. The van der Waals surface area contributed by atoms with Crippen molar-refractivity contribution in [3.8, 4) is 5.75 Å². The first kappa shape index (κ1) is 13.4. The molecule has 0 heterocycles. The molecule has 0 unspecified atom stereocenters. The van der Waals surface area contributed by atoms with E-state index < -0.39 is 6.29 Å². The van der Waals surface area contributed by atoms with Crippen LogP contribution in [0.3, 0.4) is 0 Å². The number of benzene rings is 1. The number of carbonyl (C=O) groups is 1. The van der Waals surface area contributed by atoms with Gasteiger partial charge in [-0.3, -0.25) is 4.79 Å². The molecule has 0 saturated heterocycles. The summed E-state index contributed by atoms with van der Waals surface area (Å²) in [4.78, 5) is 12.8. The minimum absolute atomic E-state index is 0.196. The van der Waals surface area contributed by atoms with Crippen LogP contribution in [0.5, 0.6) is 5.75 Å². The van der Waals surface area contributed by atoms with Gasteiger partial charge in [-0.2, -0.15) is 0 Å². The predicted molar refractivity (Wildman–Crippen MR) is 62.6 cm³/mol. The lowest BCUT2D eigenvalue weighted by atomic mass is 10.2. The second-order valence-electron chi connectivity index (χ2n) is 3.39. The van der Waals surface area contributed by atoms with E-state index in [1.807, 2.05) is 0 Å². The molecule has 6 heteroatoms. The molecule has 1 aromatic rings. The zero-order chi connectivity index (χ0) is 12.8. The Bertz CT molecular complexity index is 364. The minimum Gasteiger partial charge on any atom is -0.497 e. The van der Waals surface area contributed by atoms with Crippen LogP contribution in [0, 0.1) is 0 Å². The molecule has 94 valence electrons. The maximum atomic E-state index is 11.5. The largest absolute Gasteiger partial charge is 0.497 e. The number of aliphatic hydroxyl groups excluding tert-OH is 1. The molecule has 1 amide bonds. The normalized spacial score (nSPS) is 10.4. The number of carbonyl (C=O) groups excluding carboxylic acids is 1. The molecule has 1 aromatic carbocycles. The Balaban J connectivity index is 2.91. The number of nitrogens with zero attached hydrogens (tertiary/aromatic N) is 1. The van der Waals surface area contributed by atoms with Gasteiger partial charge in [0.15, 0.2) is 6.29 Å². The molecule has 0 spiro atoms. The van der Waals surface area contributed by atoms with Gasteiger partial charge in [0.25, 0.3) is 0 Å². The number of hydrogen-bond acceptors (Lipinski definition) is 5. The molecule has 1 rings (SSSR count). The Labute approximate surface area is 99.2 Å². The van der Waals surface area contributed by atoms with Gasteiger partial charge in [-0.05, 0) is 24.3 Å². The minimum atomic E-state index is -1.60. The Morgan fingerprint density at radius 2 is 2.00 bits per heavy atom. The van der Waals surface area contributed by atoms with E-state index >= 15 is 0 Å². The summed E-state index contributed by atoms with van der Waals surface area (Å²) in [6, 6.07) is 6.65. The van der Waals surface area contributed by atoms with Gasteiger partial charge in [-0.15, -0.1) is 0 Å². The fourth-order valence-corrected chi connectivity index (χ4v) is 1.39. The standard InChI is InChI=1S/C11H16N2O4/c1-17-9-4-2-8(3-5-9)13(7-11(15)16)10(14)6-12/h2-5,11,15-16H,6-7,12H2,1H3. The molecule has 0 bridgehead atoms. The summed E-state index contributed by atoms with van der Waals surface area (Å²) >= 11 is 0. The summed E-state index contributed by atoms with van der Waals surface area (Å²) in [6.45, 7) is -0.416. The van der Waals surface area contributed by atoms with Gasteiger partial charge in [0.05, 0.1) is 20.2 Å². The van der Waals surface area contributed by atoms with Gasteiger partial charge in [0.2, 0.25) is 5.91 Å². The Kier molecular flexibility index (Phi) is 4.89. The van der Waals surface area contributed by atoms with Crippen molar-refractivity contribution in [3.05, 3.63) is 24.3 Å². The molecule has 0 fully saturated rings. The first-order valence-electron chi connectivity index (χ1n) is 5.09. The van der Waals surface area contributed by atoms with Gasteiger partial charge in [0, 0.05) is 5.69 Å². The molecule has 4 N–H and O–H groups in total. The highest BCUT2D eigenvalue weighted by Gasteiger charge is 2.16. The molecule has 0 aliphatic carbocycles. The molecular weight excluding hydrogens is 224 g/mol. The smallest absolute Gasteiger partial charge is 0.240 e. The maximum Gasteiger partial charge on any atom is 0.240 e. The third-order valence-corrected chi connectivity index (χ3v) is 2.21. The maximum absolute atomic E-state index is 11.5. The van der Waals surface area contributed by atoms with Crippen molar-refractivity contribution in [3.63, 3.8) is 0 Å². The lowest BCUT2D eigenvalue weighted by Gasteiger charge is -2.23. The van der Waals surface area contributed by atoms with E-state index in [1.165, 1.54) is 12.0 Å². The summed E-state index contributed by atoms with van der Waals surface area (Å²) in [7, 11) is 1.54. The number of ether oxygens (including phenoxy) is 1. The van der Waals surface area contributed by atoms with Gasteiger partial charge in [-0.25, -0.2) is 0 Å². The molecule has 0 aliphatic heterocycles. The van der Waals surface area contributed by atoms with Crippen LogP contribution in [-0.4, -0.2) is 42.6 Å². The molecule has 6 nitrogen and oxygen atoms in total. The van der Waals surface area contributed by atoms with E-state index in [1.54, 1.807) is 24.3 Å². The Morgan fingerprint density at radius 3 is 2.41 bits per heavy atom. The number of methoxy groups -OCH3 is 1. The zero-order valence-corrected chi connectivity index (χ0v) is 9.54. The quantitative estimate of drug-likeness (QED) is 0.591. The SMILES string of the molecule is COc1ccc(N(CC(O)O)C(=O)CN)cc1. The van der Waals surface area contributed by atoms with Crippen LogP contribution in [-0.2, 0) is 4.79 Å². The highest BCUT2D eigenvalue weighted by Crippen LogP contribution is 2.19. The van der Waals surface area contributed by atoms with Crippen LogP contribution in [0.2, 0.25) is 0 Å². The van der Waals surface area contributed by atoms with E-state index in [-0.39, 0.29) is 19.0 Å². The highest BCUT2D eigenvalue weighted by molar-refractivity contribution is 5.94. The van der Waals surface area contributed by atoms with Gasteiger partial charge in [-0.1, -0.05) is 0 Å². The van der Waals surface area contributed by atoms with Crippen LogP contribution in [0.25, 0.3) is 0 Å². The molecule has 0 saturated carbocycles. The molecular formula is C11H16N2O4. The lowest BCUT2D eigenvalue weighted by molar-refractivity contribution is -0.119. The van der Waals surface area contributed by atoms with E-state index in [2.05, 4.69) is 0 Å². The summed E-state index contributed by atoms with van der Waals surface area (Å²) in [5.41, 5.74) is 5.80. The lowest BCUT2D eigenvalue weighted by Crippen LogP contribution is -2.41. The van der Waals surface area contributed by atoms with E-state index in [4.69, 9.17) is 20.7 Å². The second-order valence-corrected chi connectivity index (χ2v) is 3.39. The molecule has 0 aromatic heterocycles. The van der Waals surface area contributed by atoms with Crippen molar-refractivity contribution in [2.45, 2.75) is 6.29 Å². The van der Waals surface area contributed by atoms with E-state index in [0.29, 0.717) is 11.4 Å². The molecule has 0 aliphatic rings. The summed E-state index contributed by atoms with van der Waals surface area (Å²) in [6.07, 6.45) is -1.60. The third kappa shape index (κ3) is 3.70. The predicted octanol–water partition coefficient (Wildman–Crippen LogP) is -0.702. The first-order chi connectivity index (χ1) is 8.08. The highest BCUT2D eigenvalue weighted by atomic mass is 16.5. The van der Waals surface area contributed by atoms with Crippen LogP contribution in [0.4, 0.5) is 5.69 Å². The number of hydrogen-bond donors (Lipinski definition) is 3. The monoisotopic (exact) mass is 240 g/mol. The number of anilines is 1. The molecule has 17 heavy (non-hydrogen) atoms. The first-order valence-corrected chi connectivity index (χ1v) is 5.09. The van der Waals surface area contributed by atoms with Crippen molar-refractivity contribution in [1.82, 2.24) is 0 Å². The van der Waals surface area contributed by atoms with Crippen LogP contribution in [0.1, 0.15) is 0 Å². The Hall–Kier alpha value is -1.63. The number of nitrogens with two attached hydrogens (primary N) is 1. The second kappa shape index (κ2) is 6.19. The van der Waals surface area contributed by atoms with Crippen molar-refractivity contribution in [2.24, 2.45) is 5.73 Å². The Morgan fingerprint density at radius 1 is 1.41 bits per heavy atom. The molecule has 0 atom stereocenters. The summed E-state index contributed by atoms with van der Waals surface area (Å²) in [5.74, 6) is 0.265. The fourth-order valence-electron chi connectivity index (χ4n) is 1.39. The van der Waals surface area contributed by atoms with Gasteiger partial charge < -0.3 is 25.6 Å². The topological polar surface area (TPSA) is 96.0 Å². The average molecular weight is 240 g/mol. The van der Waals surface area contributed by atoms with Crippen LogP contribution >= 0.6 is 0 Å². The van der Waals surface area contributed by atoms with Crippen LogP contribution in [0.15, 0.2) is 24.3 Å². The molecule has 0 radical (unpaired) electrons. The van der Waals surface area contributed by atoms with Crippen LogP contribution < -0.4 is 15.4 Å². The fraction of sp³-hybridized carbons (Fsp3) is 0.364.